The number of para-hydroxylation sites is 1. The van der Waals surface area contributed by atoms with Gasteiger partial charge >= 0.3 is 0 Å². The number of H-pyrrole nitrogens is 1. The summed E-state index contributed by atoms with van der Waals surface area (Å²) in [6.45, 7) is 4.30. The highest BCUT2D eigenvalue weighted by atomic mass is 14.9. The lowest BCUT2D eigenvalue weighted by molar-refractivity contribution is 0.675. The normalized spacial score (nSPS) is 16.3. The molecule has 15 heavy (non-hydrogen) atoms. The molecule has 1 aromatic carbocycles. The average molecular weight is 200 g/mol. The van der Waals surface area contributed by atoms with Gasteiger partial charge in [-0.2, -0.15) is 0 Å². The van der Waals surface area contributed by atoms with E-state index in [1.807, 2.05) is 0 Å². The van der Waals surface area contributed by atoms with E-state index < -0.39 is 0 Å². The zero-order chi connectivity index (χ0) is 10.3. The number of fused-ring (bicyclic) bond motifs is 3. The zero-order valence-electron chi connectivity index (χ0n) is 9.06. The molecule has 1 aromatic heterocycles. The first-order valence-electron chi connectivity index (χ1n) is 5.66. The van der Waals surface area contributed by atoms with Crippen molar-refractivity contribution in [3.63, 3.8) is 0 Å². The van der Waals surface area contributed by atoms with E-state index in [2.05, 4.69) is 35.4 Å². The number of rotatable bonds is 0. The highest BCUT2D eigenvalue weighted by Crippen LogP contribution is 2.27. The summed E-state index contributed by atoms with van der Waals surface area (Å²) in [6.07, 6.45) is 2.44. The van der Waals surface area contributed by atoms with Crippen LogP contribution in [0.2, 0.25) is 0 Å². The van der Waals surface area contributed by atoms with E-state index in [9.17, 15) is 0 Å². The van der Waals surface area contributed by atoms with Crippen LogP contribution in [-0.2, 0) is 13.0 Å². The lowest BCUT2D eigenvalue weighted by Crippen LogP contribution is -2.12. The zero-order valence-corrected chi connectivity index (χ0v) is 9.06. The monoisotopic (exact) mass is 200 g/mol. The van der Waals surface area contributed by atoms with Gasteiger partial charge in [0, 0.05) is 23.1 Å². The average Bonchev–Trinajstić information content (AvgIpc) is 2.45. The quantitative estimate of drug-likeness (QED) is 0.672. The maximum Gasteiger partial charge on any atom is 0.0489 e. The van der Waals surface area contributed by atoms with Crippen LogP contribution in [-0.4, -0.2) is 11.5 Å². The van der Waals surface area contributed by atoms with Crippen LogP contribution >= 0.6 is 0 Å². The van der Waals surface area contributed by atoms with E-state index in [0.29, 0.717) is 0 Å². The molecule has 1 aliphatic rings. The second-order valence-electron chi connectivity index (χ2n) is 4.36. The van der Waals surface area contributed by atoms with Gasteiger partial charge in [0.2, 0.25) is 0 Å². The van der Waals surface area contributed by atoms with E-state index >= 15 is 0 Å². The third kappa shape index (κ3) is 1.37. The minimum atomic E-state index is 0.990. The fourth-order valence-corrected chi connectivity index (χ4v) is 2.51. The molecule has 0 atom stereocenters. The standard InChI is InChI=1S/C13H16N2/c1-9-4-2-5-11-10-6-3-7-14-8-12(10)15-13(9)11/h2,4-5,14-15H,3,6-8H2,1H3. The van der Waals surface area contributed by atoms with Crippen molar-refractivity contribution >= 4 is 10.9 Å². The van der Waals surface area contributed by atoms with Gasteiger partial charge in [0.1, 0.15) is 0 Å². The van der Waals surface area contributed by atoms with Crippen LogP contribution in [0.1, 0.15) is 23.2 Å². The fraction of sp³-hybridized carbons (Fsp3) is 0.385. The molecule has 0 aliphatic carbocycles. The molecule has 0 spiro atoms. The van der Waals surface area contributed by atoms with Gasteiger partial charge < -0.3 is 10.3 Å². The number of aryl methyl sites for hydroxylation is 2. The molecular formula is C13H16N2. The summed E-state index contributed by atoms with van der Waals surface area (Å²) in [4.78, 5) is 3.56. The summed E-state index contributed by atoms with van der Waals surface area (Å²) >= 11 is 0. The molecule has 2 aromatic rings. The molecule has 0 fully saturated rings. The van der Waals surface area contributed by atoms with E-state index in [1.54, 1.807) is 0 Å². The first kappa shape index (κ1) is 8.98. The lowest BCUT2D eigenvalue weighted by Gasteiger charge is -1.98. The Bertz CT molecular complexity index is 496. The number of hydrogen-bond acceptors (Lipinski definition) is 1. The van der Waals surface area contributed by atoms with Crippen LogP contribution in [0.3, 0.4) is 0 Å². The number of benzene rings is 1. The molecule has 0 amide bonds. The summed E-state index contributed by atoms with van der Waals surface area (Å²) in [5.41, 5.74) is 5.59. The van der Waals surface area contributed by atoms with Gasteiger partial charge in [-0.3, -0.25) is 0 Å². The largest absolute Gasteiger partial charge is 0.357 e. The molecule has 2 heterocycles. The van der Waals surface area contributed by atoms with Crippen molar-refractivity contribution < 1.29 is 0 Å². The molecule has 1 aliphatic heterocycles. The molecule has 0 radical (unpaired) electrons. The van der Waals surface area contributed by atoms with Crippen LogP contribution in [0, 0.1) is 6.92 Å². The Labute approximate surface area is 89.7 Å². The third-order valence-corrected chi connectivity index (χ3v) is 3.32. The summed E-state index contributed by atoms with van der Waals surface area (Å²) in [5.74, 6) is 0. The number of nitrogens with one attached hydrogen (secondary N) is 2. The lowest BCUT2D eigenvalue weighted by atomic mass is 10.0. The highest BCUT2D eigenvalue weighted by Gasteiger charge is 2.13. The van der Waals surface area contributed by atoms with Crippen LogP contribution in [0.5, 0.6) is 0 Å². The highest BCUT2D eigenvalue weighted by molar-refractivity contribution is 5.87. The Morgan fingerprint density at radius 2 is 2.20 bits per heavy atom. The first-order valence-corrected chi connectivity index (χ1v) is 5.66. The molecule has 78 valence electrons. The second kappa shape index (κ2) is 3.38. The Morgan fingerprint density at radius 3 is 3.13 bits per heavy atom. The number of aromatic nitrogens is 1. The Morgan fingerprint density at radius 1 is 1.27 bits per heavy atom. The van der Waals surface area contributed by atoms with Gasteiger partial charge in [-0.05, 0) is 37.4 Å². The van der Waals surface area contributed by atoms with Crippen molar-refractivity contribution in [1.82, 2.24) is 10.3 Å². The van der Waals surface area contributed by atoms with Gasteiger partial charge in [-0.25, -0.2) is 0 Å². The van der Waals surface area contributed by atoms with Crippen molar-refractivity contribution in [3.05, 3.63) is 35.0 Å². The van der Waals surface area contributed by atoms with Gasteiger partial charge in [0.15, 0.2) is 0 Å². The smallest absolute Gasteiger partial charge is 0.0489 e. The third-order valence-electron chi connectivity index (χ3n) is 3.32. The van der Waals surface area contributed by atoms with E-state index in [4.69, 9.17) is 0 Å². The van der Waals surface area contributed by atoms with Crippen molar-refractivity contribution in [2.24, 2.45) is 0 Å². The van der Waals surface area contributed by atoms with E-state index in [-0.39, 0.29) is 0 Å². The fourth-order valence-electron chi connectivity index (χ4n) is 2.51. The van der Waals surface area contributed by atoms with Crippen molar-refractivity contribution in [3.8, 4) is 0 Å². The number of hydrogen-bond donors (Lipinski definition) is 2. The van der Waals surface area contributed by atoms with Gasteiger partial charge in [-0.1, -0.05) is 18.2 Å². The van der Waals surface area contributed by atoms with Crippen LogP contribution in [0.15, 0.2) is 18.2 Å². The summed E-state index contributed by atoms with van der Waals surface area (Å²) in [5, 5.41) is 4.88. The Hall–Kier alpha value is -1.28. The van der Waals surface area contributed by atoms with E-state index in [0.717, 1.165) is 13.1 Å². The predicted molar refractivity (Wildman–Crippen MR) is 63.1 cm³/mol. The molecule has 0 saturated heterocycles. The number of aromatic amines is 1. The molecule has 3 rings (SSSR count). The molecule has 2 heteroatoms. The minimum Gasteiger partial charge on any atom is -0.357 e. The molecule has 0 unspecified atom stereocenters. The molecule has 0 saturated carbocycles. The van der Waals surface area contributed by atoms with Crippen molar-refractivity contribution in [2.45, 2.75) is 26.3 Å². The van der Waals surface area contributed by atoms with Crippen molar-refractivity contribution in [2.75, 3.05) is 6.54 Å². The van der Waals surface area contributed by atoms with E-state index in [1.165, 1.54) is 40.6 Å². The predicted octanol–water partition coefficient (Wildman–Crippen LogP) is 2.51. The molecule has 2 N–H and O–H groups in total. The van der Waals surface area contributed by atoms with Gasteiger partial charge in [0.25, 0.3) is 0 Å². The summed E-state index contributed by atoms with van der Waals surface area (Å²) in [7, 11) is 0. The molecular weight excluding hydrogens is 184 g/mol. The molecule has 2 nitrogen and oxygen atoms in total. The Kier molecular flexibility index (Phi) is 2.03. The summed E-state index contributed by atoms with van der Waals surface area (Å²) in [6, 6.07) is 6.57. The van der Waals surface area contributed by atoms with Gasteiger partial charge in [-0.15, -0.1) is 0 Å². The van der Waals surface area contributed by atoms with Crippen LogP contribution in [0.25, 0.3) is 10.9 Å². The van der Waals surface area contributed by atoms with Gasteiger partial charge in [0.05, 0.1) is 0 Å². The van der Waals surface area contributed by atoms with Crippen molar-refractivity contribution in [1.29, 1.82) is 0 Å². The van der Waals surface area contributed by atoms with Crippen LogP contribution < -0.4 is 5.32 Å². The second-order valence-corrected chi connectivity index (χ2v) is 4.36. The maximum atomic E-state index is 3.56. The molecule has 0 bridgehead atoms. The summed E-state index contributed by atoms with van der Waals surface area (Å²) < 4.78 is 0. The topological polar surface area (TPSA) is 27.8 Å². The SMILES string of the molecule is Cc1cccc2c3c([nH]c12)CNCCC3. The maximum absolute atomic E-state index is 3.56. The first-order chi connectivity index (χ1) is 7.36. The van der Waals surface area contributed by atoms with Crippen LogP contribution in [0.4, 0.5) is 0 Å². The Balaban J connectivity index is 2.28. The minimum absolute atomic E-state index is 0.990.